The van der Waals surface area contributed by atoms with Gasteiger partial charge in [-0.1, -0.05) is 136 Å². The Morgan fingerprint density at radius 2 is 1.21 bits per heavy atom. The van der Waals surface area contributed by atoms with Gasteiger partial charge in [-0.3, -0.25) is 19.4 Å². The molecule has 2 aromatic rings. The third-order valence-electron chi connectivity index (χ3n) is 8.45. The fourth-order valence-electron chi connectivity index (χ4n) is 5.69. The van der Waals surface area contributed by atoms with Crippen molar-refractivity contribution in [2.24, 2.45) is 21.7 Å². The maximum Gasteiger partial charge on any atom is 0.414 e. The van der Waals surface area contributed by atoms with Crippen molar-refractivity contribution in [3.05, 3.63) is 48.0 Å². The number of ether oxygens (including phenoxy) is 2. The minimum Gasteiger partial charge on any atom is -0.444 e. The van der Waals surface area contributed by atoms with Gasteiger partial charge in [-0.15, -0.1) is 0 Å². The number of benzene rings is 2. The number of nitrogens with zero attached hydrogens (tertiary/aromatic N) is 8. The van der Waals surface area contributed by atoms with E-state index in [9.17, 15) is 28.0 Å². The highest BCUT2D eigenvalue weighted by Gasteiger charge is 2.34. The quantitative estimate of drug-likeness (QED) is 0.0689. The highest BCUT2D eigenvalue weighted by Crippen LogP contribution is 2.30. The molecule has 0 aliphatic carbocycles. The fourth-order valence-corrected chi connectivity index (χ4v) is 6.01. The molecule has 25 heteroatoms. The number of hydrogen-bond acceptors (Lipinski definition) is 14. The summed E-state index contributed by atoms with van der Waals surface area (Å²) in [5.74, 6) is -0.957. The Morgan fingerprint density at radius 3 is 1.53 bits per heavy atom. The van der Waals surface area contributed by atoms with Crippen molar-refractivity contribution < 1.29 is 37.4 Å². The normalized spacial score (nSPS) is 17.7. The van der Waals surface area contributed by atoms with E-state index in [1.165, 1.54) is 44.6 Å². The number of hydrazone groups is 2. The maximum atomic E-state index is 14.6. The summed E-state index contributed by atoms with van der Waals surface area (Å²) in [6, 6.07) is 9.08. The van der Waals surface area contributed by atoms with Gasteiger partial charge < -0.3 is 30.7 Å². The van der Waals surface area contributed by atoms with Crippen molar-refractivity contribution in [3.63, 3.8) is 0 Å². The molecular weight excluding hydrogens is 1230 g/mol. The highest BCUT2D eigenvalue weighted by molar-refractivity contribution is 14.3. The zero-order valence-corrected chi connectivity index (χ0v) is 43.3. The molecule has 2 fully saturated rings. The smallest absolute Gasteiger partial charge is 0.414 e. The molecular formula is C37H47Cl2F2I3N10O6S2. The Morgan fingerprint density at radius 1 is 0.806 bits per heavy atom. The first-order valence-corrected chi connectivity index (χ1v) is 24.1. The van der Waals surface area contributed by atoms with E-state index >= 15 is 0 Å². The number of amides is 4. The lowest BCUT2D eigenvalue weighted by atomic mass is 10.1. The summed E-state index contributed by atoms with van der Waals surface area (Å²) >= 11 is 25.9. The lowest BCUT2D eigenvalue weighted by Crippen LogP contribution is -2.37. The first-order valence-electron chi connectivity index (χ1n) is 18.8. The SMILES string of the molecule is CCCC(=S)CC[C@H]1CN(c2ccc(N3C=NN(C=O)CC3)c(F)c2)C(=O)O1.CCN.IC(I)I.NC[C@H]1CN(c2ccc(N3C=NN(C=O)CC3)c(F)c2)C(=O)O1.S=C(Cl)Cl. The van der Waals surface area contributed by atoms with Crippen molar-refractivity contribution in [2.45, 2.75) is 51.7 Å². The number of carbonyl (C=O) groups excluding carboxylic acids is 4. The van der Waals surface area contributed by atoms with Crippen molar-refractivity contribution in [2.75, 3.05) is 72.0 Å². The molecule has 0 saturated carbocycles. The molecule has 4 aliphatic rings. The predicted molar refractivity (Wildman–Crippen MR) is 276 cm³/mol. The number of hydrogen-bond donors (Lipinski definition) is 2. The van der Waals surface area contributed by atoms with Gasteiger partial charge in [0, 0.05) is 19.6 Å². The van der Waals surface area contributed by atoms with Crippen LogP contribution in [0.25, 0.3) is 0 Å². The number of anilines is 4. The Bertz CT molecular complexity index is 1880. The van der Waals surface area contributed by atoms with E-state index in [2.05, 4.69) is 97.1 Å². The molecule has 0 radical (unpaired) electrons. The first kappa shape index (κ1) is 55.7. The average molecular weight is 1280 g/mol. The number of nitrogens with two attached hydrogens (primary N) is 2. The minimum atomic E-state index is -0.534. The van der Waals surface area contributed by atoms with Crippen LogP contribution in [-0.4, -0.2) is 121 Å². The zero-order valence-electron chi connectivity index (χ0n) is 33.6. The number of carbonyl (C=O) groups is 4. The van der Waals surface area contributed by atoms with Crippen LogP contribution < -0.4 is 31.1 Å². The molecule has 0 aromatic heterocycles. The van der Waals surface area contributed by atoms with Crippen molar-refractivity contribution in [1.82, 2.24) is 10.0 Å². The van der Waals surface area contributed by atoms with E-state index in [0.717, 1.165) is 30.6 Å². The van der Waals surface area contributed by atoms with E-state index in [0.29, 0.717) is 81.3 Å². The first-order chi connectivity index (χ1) is 29.5. The van der Waals surface area contributed by atoms with Gasteiger partial charge in [0.25, 0.3) is 0 Å². The van der Waals surface area contributed by atoms with Gasteiger partial charge in [0.1, 0.15) is 36.5 Å². The van der Waals surface area contributed by atoms with Crippen LogP contribution >= 0.6 is 115 Å². The molecule has 342 valence electrons. The molecule has 2 saturated heterocycles. The maximum absolute atomic E-state index is 14.6. The molecule has 16 nitrogen and oxygen atoms in total. The van der Waals surface area contributed by atoms with E-state index in [4.69, 9.17) is 56.4 Å². The summed E-state index contributed by atoms with van der Waals surface area (Å²) in [7, 11) is 0. The van der Waals surface area contributed by atoms with Crippen LogP contribution in [0.3, 0.4) is 0 Å². The van der Waals surface area contributed by atoms with E-state index in [-0.39, 0.29) is 22.5 Å². The molecule has 4 N–H and O–H groups in total. The molecule has 4 aliphatic heterocycles. The summed E-state index contributed by atoms with van der Waals surface area (Å²) in [4.78, 5) is 52.3. The number of thiocarbonyl (C=S) groups is 2. The summed E-state index contributed by atoms with van der Waals surface area (Å²) in [5, 5.41) is 10.3. The number of cyclic esters (lactones) is 2. The van der Waals surface area contributed by atoms with Crippen molar-refractivity contribution >= 4 is 184 Å². The van der Waals surface area contributed by atoms with Crippen LogP contribution in [0.15, 0.2) is 46.6 Å². The third-order valence-corrected chi connectivity index (χ3v) is 8.86. The van der Waals surface area contributed by atoms with Gasteiger partial charge in [-0.25, -0.2) is 28.4 Å². The fraction of sp³-hybridized carbons (Fsp3) is 0.459. The van der Waals surface area contributed by atoms with E-state index < -0.39 is 23.8 Å². The van der Waals surface area contributed by atoms with Crippen LogP contribution in [0.2, 0.25) is 0 Å². The van der Waals surface area contributed by atoms with E-state index in [1.807, 2.05) is 6.92 Å². The third kappa shape index (κ3) is 19.4. The molecule has 2 aromatic carbocycles. The monoisotopic (exact) mass is 1280 g/mol. The Labute approximate surface area is 421 Å². The Hall–Kier alpha value is -2.41. The van der Waals surface area contributed by atoms with Gasteiger partial charge in [0.05, 0.1) is 48.9 Å². The van der Waals surface area contributed by atoms with Gasteiger partial charge in [0.15, 0.2) is 3.78 Å². The Kier molecular flexibility index (Phi) is 26.9. The summed E-state index contributed by atoms with van der Waals surface area (Å²) in [6.07, 6.45) is 5.74. The summed E-state index contributed by atoms with van der Waals surface area (Å²) in [6.45, 7) is 7.25. The van der Waals surface area contributed by atoms with Crippen LogP contribution in [0.5, 0.6) is 0 Å². The second-order valence-electron chi connectivity index (χ2n) is 12.8. The largest absolute Gasteiger partial charge is 0.444 e. The predicted octanol–water partition coefficient (Wildman–Crippen LogP) is 7.94. The van der Waals surface area contributed by atoms with Crippen LogP contribution in [0, 0.1) is 11.6 Å². The van der Waals surface area contributed by atoms with Gasteiger partial charge >= 0.3 is 12.2 Å². The van der Waals surface area contributed by atoms with Crippen LogP contribution in [-0.2, 0) is 19.1 Å². The summed E-state index contributed by atoms with van der Waals surface area (Å²) < 4.78 is 40.2. The molecule has 2 atom stereocenters. The molecule has 0 unspecified atom stereocenters. The van der Waals surface area contributed by atoms with Crippen LogP contribution in [0.1, 0.15) is 39.5 Å². The number of halogens is 7. The lowest BCUT2D eigenvalue weighted by Gasteiger charge is -2.27. The highest BCUT2D eigenvalue weighted by atomic mass is 127. The molecule has 4 heterocycles. The second-order valence-corrected chi connectivity index (χ2v) is 26.1. The molecule has 4 amide bonds. The van der Waals surface area contributed by atoms with Crippen molar-refractivity contribution in [3.8, 4) is 0 Å². The number of rotatable bonds is 12. The second kappa shape index (κ2) is 29.9. The average Bonchev–Trinajstić information content (AvgIpc) is 3.81. The van der Waals surface area contributed by atoms with Gasteiger partial charge in [-0.2, -0.15) is 10.2 Å². The summed E-state index contributed by atoms with van der Waals surface area (Å²) in [5.41, 5.74) is 11.9. The van der Waals surface area contributed by atoms with E-state index in [1.54, 1.807) is 34.1 Å². The minimum absolute atomic E-state index is 0.0556. The van der Waals surface area contributed by atoms with Crippen molar-refractivity contribution in [1.29, 1.82) is 0 Å². The Balaban J connectivity index is 0.000000349. The van der Waals surface area contributed by atoms with Gasteiger partial charge in [-0.05, 0) is 67.1 Å². The lowest BCUT2D eigenvalue weighted by molar-refractivity contribution is -0.118. The molecule has 0 spiro atoms. The zero-order chi connectivity index (χ0) is 46.4. The van der Waals surface area contributed by atoms with Gasteiger partial charge in [0.2, 0.25) is 12.8 Å². The molecule has 62 heavy (non-hydrogen) atoms. The van der Waals surface area contributed by atoms with Crippen LogP contribution in [0.4, 0.5) is 41.1 Å². The standard InChI is InChI=1S/C19H23FN4O3S.C14H16FN5O3.C2H7N.CCl2S.CHI3/c1-2-3-16(28)6-5-15-11-24(19(26)27-15)14-4-7-18(17(20)10-14)22-8-9-23(13-25)21-12-22;15-12-5-10(20-7-11(6-16)23-14(20)22)1-2-13(12)18-3-4-19(9-21)17-8-18;1-2-3;2*2-1(3)4/h4,7,10,12-13,15H,2-3,5-6,8-9,11H2,1H3;1-2,5,8-9,11H,3-4,6-7,16H2;2-3H2,1H3;;1H/t15-;11-;;;/m00.../s1. The molecule has 6 rings (SSSR count). The topological polar surface area (TPSA) is 183 Å². The molecule has 0 bridgehead atoms. The number of alkyl halides is 3.